The molecular weight excluding hydrogens is 355 g/mol. The van der Waals surface area contributed by atoms with Gasteiger partial charge in [0.05, 0.1) is 0 Å². The summed E-state index contributed by atoms with van der Waals surface area (Å²) in [6.45, 7) is 0.778. The number of aromatic nitrogens is 4. The number of benzene rings is 1. The Morgan fingerprint density at radius 2 is 2.00 bits per heavy atom. The van der Waals surface area contributed by atoms with E-state index in [0.29, 0.717) is 11.4 Å². The molecule has 0 aliphatic carbocycles. The van der Waals surface area contributed by atoms with Crippen LogP contribution in [0.15, 0.2) is 36.9 Å². The number of hydrogen-bond acceptors (Lipinski definition) is 5. The average molecular weight is 370 g/mol. The third-order valence-electron chi connectivity index (χ3n) is 3.84. The second-order valence-corrected chi connectivity index (χ2v) is 6.50. The topological polar surface area (TPSA) is 62.1 Å². The molecule has 3 aromatic rings. The van der Waals surface area contributed by atoms with Crippen LogP contribution in [0.2, 0.25) is 0 Å². The van der Waals surface area contributed by atoms with Crippen molar-refractivity contribution in [1.29, 1.82) is 0 Å². The number of ether oxygens (including phenoxy) is 2. The summed E-state index contributed by atoms with van der Waals surface area (Å²) in [5, 5.41) is 0. The molecule has 0 saturated carbocycles. The molecule has 1 aliphatic rings. The zero-order valence-corrected chi connectivity index (χ0v) is 14.3. The first-order valence-corrected chi connectivity index (χ1v) is 8.51. The van der Waals surface area contributed by atoms with Gasteiger partial charge in [-0.3, -0.25) is 0 Å². The summed E-state index contributed by atoms with van der Waals surface area (Å²) in [5.41, 5.74) is 1.39. The fourth-order valence-electron chi connectivity index (χ4n) is 2.68. The van der Waals surface area contributed by atoms with E-state index in [2.05, 4.69) is 31.8 Å². The van der Waals surface area contributed by atoms with Gasteiger partial charge in [-0.05, 0) is 6.42 Å². The second kappa shape index (κ2) is 6.30. The quantitative estimate of drug-likeness (QED) is 0.661. The summed E-state index contributed by atoms with van der Waals surface area (Å²) in [5.74, 6) is 1.19. The van der Waals surface area contributed by atoms with E-state index in [1.807, 2.05) is 28.8 Å². The average Bonchev–Trinajstić information content (AvgIpc) is 3.03. The molecule has 1 aromatic carbocycles. The van der Waals surface area contributed by atoms with Crippen molar-refractivity contribution in [2.24, 2.45) is 0 Å². The zero-order valence-electron chi connectivity index (χ0n) is 12.4. The zero-order chi connectivity index (χ0) is 15.6. The van der Waals surface area contributed by atoms with Gasteiger partial charge in [0.2, 0.25) is 0 Å². The van der Waals surface area contributed by atoms with Gasteiger partial charge in [-0.25, -0.2) is 0 Å². The van der Waals surface area contributed by atoms with Crippen LogP contribution < -0.4 is 9.09 Å². The molecule has 2 aromatic heterocycles. The van der Waals surface area contributed by atoms with E-state index in [1.54, 1.807) is 6.33 Å². The Balaban J connectivity index is 1.68. The molecule has 2 radical (unpaired) electrons. The van der Waals surface area contributed by atoms with E-state index in [9.17, 15) is 0 Å². The fraction of sp³-hybridized carbons (Fsp3) is 0.312. The van der Waals surface area contributed by atoms with E-state index in [1.165, 1.54) is 6.33 Å². The van der Waals surface area contributed by atoms with Crippen molar-refractivity contribution in [2.45, 2.75) is 25.5 Å². The van der Waals surface area contributed by atoms with Gasteiger partial charge >= 0.3 is 136 Å². The SMILES string of the molecule is [As]c1ccc(Oc2ncnc3c2ncn3C2CCCCO2)cc1. The van der Waals surface area contributed by atoms with Gasteiger partial charge in [-0.15, -0.1) is 0 Å². The van der Waals surface area contributed by atoms with Crippen molar-refractivity contribution in [2.75, 3.05) is 6.61 Å². The van der Waals surface area contributed by atoms with E-state index >= 15 is 0 Å². The van der Waals surface area contributed by atoms with Gasteiger partial charge in [-0.1, -0.05) is 0 Å². The molecule has 116 valence electrons. The minimum absolute atomic E-state index is 0.00589. The van der Waals surface area contributed by atoms with Crippen LogP contribution in [0, 0.1) is 0 Å². The summed E-state index contributed by atoms with van der Waals surface area (Å²) < 4.78 is 14.8. The Kier molecular flexibility index (Phi) is 4.02. The monoisotopic (exact) mass is 370 g/mol. The standard InChI is InChI=1S/C16H15AsN4O2/c17-11-4-6-12(7-5-11)23-16-14-15(18-9-19-16)21(10-20-14)13-3-1-2-8-22-13/h4-7,9-10,13H,1-3,8H2. The van der Waals surface area contributed by atoms with Crippen LogP contribution in [-0.2, 0) is 4.74 Å². The van der Waals surface area contributed by atoms with Gasteiger partial charge in [0.25, 0.3) is 0 Å². The van der Waals surface area contributed by atoms with Gasteiger partial charge in [-0.2, -0.15) is 0 Å². The first-order chi connectivity index (χ1) is 11.3. The fourth-order valence-corrected chi connectivity index (χ4v) is 3.00. The molecule has 0 bridgehead atoms. The van der Waals surface area contributed by atoms with Crippen LogP contribution in [0.3, 0.4) is 0 Å². The van der Waals surface area contributed by atoms with E-state index < -0.39 is 0 Å². The summed E-state index contributed by atoms with van der Waals surface area (Å²) in [6.07, 6.45) is 6.49. The van der Waals surface area contributed by atoms with Crippen molar-refractivity contribution in [3.63, 3.8) is 0 Å². The molecule has 1 atom stereocenters. The summed E-state index contributed by atoms with van der Waals surface area (Å²) in [4.78, 5) is 13.0. The number of imidazole rings is 1. The Labute approximate surface area is 142 Å². The molecule has 1 saturated heterocycles. The Bertz CT molecular complexity index is 813. The third kappa shape index (κ3) is 2.96. The number of hydrogen-bond donors (Lipinski definition) is 0. The first-order valence-electron chi connectivity index (χ1n) is 7.57. The van der Waals surface area contributed by atoms with E-state index in [4.69, 9.17) is 9.47 Å². The Morgan fingerprint density at radius 1 is 1.13 bits per heavy atom. The minimum atomic E-state index is -0.00589. The maximum absolute atomic E-state index is 5.87. The van der Waals surface area contributed by atoms with Gasteiger partial charge in [0.15, 0.2) is 0 Å². The van der Waals surface area contributed by atoms with Crippen molar-refractivity contribution >= 4 is 32.4 Å². The molecular formula is C16H15AsN4O2. The van der Waals surface area contributed by atoms with Crippen molar-refractivity contribution < 1.29 is 9.47 Å². The van der Waals surface area contributed by atoms with Crippen molar-refractivity contribution in [3.05, 3.63) is 36.9 Å². The summed E-state index contributed by atoms with van der Waals surface area (Å²) >= 11 is 2.50. The molecule has 23 heavy (non-hydrogen) atoms. The molecule has 1 unspecified atom stereocenters. The number of nitrogens with zero attached hydrogens (tertiary/aromatic N) is 4. The molecule has 3 heterocycles. The predicted molar refractivity (Wildman–Crippen MR) is 86.1 cm³/mol. The van der Waals surface area contributed by atoms with Crippen LogP contribution in [-0.4, -0.2) is 43.0 Å². The summed E-state index contributed by atoms with van der Waals surface area (Å²) in [7, 11) is 0. The molecule has 0 N–H and O–H groups in total. The van der Waals surface area contributed by atoms with Crippen molar-refractivity contribution in [3.8, 4) is 11.6 Å². The number of rotatable bonds is 3. The van der Waals surface area contributed by atoms with Crippen LogP contribution in [0.5, 0.6) is 11.6 Å². The van der Waals surface area contributed by atoms with Crippen LogP contribution in [0.1, 0.15) is 25.5 Å². The second-order valence-electron chi connectivity index (χ2n) is 5.42. The summed E-state index contributed by atoms with van der Waals surface area (Å²) in [6, 6.07) is 7.76. The van der Waals surface area contributed by atoms with Gasteiger partial charge in [0.1, 0.15) is 0 Å². The molecule has 0 spiro atoms. The van der Waals surface area contributed by atoms with Crippen molar-refractivity contribution in [1.82, 2.24) is 19.5 Å². The van der Waals surface area contributed by atoms with E-state index in [-0.39, 0.29) is 6.23 Å². The van der Waals surface area contributed by atoms with Crippen LogP contribution in [0.4, 0.5) is 0 Å². The molecule has 1 fully saturated rings. The van der Waals surface area contributed by atoms with Gasteiger partial charge < -0.3 is 0 Å². The normalized spacial score (nSPS) is 18.2. The Morgan fingerprint density at radius 3 is 2.78 bits per heavy atom. The Hall–Kier alpha value is -1.91. The predicted octanol–water partition coefficient (Wildman–Crippen LogP) is 2.11. The van der Waals surface area contributed by atoms with E-state index in [0.717, 1.165) is 41.6 Å². The molecule has 6 nitrogen and oxygen atoms in total. The molecule has 0 amide bonds. The maximum atomic E-state index is 5.87. The first kappa shape index (κ1) is 14.7. The molecule has 1 aliphatic heterocycles. The molecule has 4 rings (SSSR count). The molecule has 7 heteroatoms. The third-order valence-corrected chi connectivity index (χ3v) is 4.47. The number of fused-ring (bicyclic) bond motifs is 1. The van der Waals surface area contributed by atoms with Crippen LogP contribution >= 0.6 is 0 Å². The van der Waals surface area contributed by atoms with Gasteiger partial charge in [0, 0.05) is 0 Å². The van der Waals surface area contributed by atoms with Crippen LogP contribution in [0.25, 0.3) is 11.2 Å².